The molecule has 2 aliphatic rings. The van der Waals surface area contributed by atoms with Gasteiger partial charge in [0.15, 0.2) is 0 Å². The molecule has 0 aromatic heterocycles. The van der Waals surface area contributed by atoms with Gasteiger partial charge in [0.2, 0.25) is 0 Å². The van der Waals surface area contributed by atoms with Gasteiger partial charge in [0.25, 0.3) is 0 Å². The molecular formula is C33H32O3. The van der Waals surface area contributed by atoms with Crippen LogP contribution in [0, 0.1) is 13.8 Å². The minimum Gasteiger partial charge on any atom is -0.489 e. The summed E-state index contributed by atoms with van der Waals surface area (Å²) in [5, 5.41) is 0. The highest BCUT2D eigenvalue weighted by Crippen LogP contribution is 2.54. The van der Waals surface area contributed by atoms with Crippen LogP contribution in [0.15, 0.2) is 84.9 Å². The molecule has 1 fully saturated rings. The third-order valence-electron chi connectivity index (χ3n) is 7.56. The Kier molecular flexibility index (Phi) is 5.92. The van der Waals surface area contributed by atoms with Crippen LogP contribution in [0.5, 0.6) is 17.2 Å². The van der Waals surface area contributed by atoms with Crippen LogP contribution < -0.4 is 14.2 Å². The largest absolute Gasteiger partial charge is 0.489 e. The van der Waals surface area contributed by atoms with E-state index in [-0.39, 0.29) is 5.60 Å². The number of rotatable bonds is 6. The van der Waals surface area contributed by atoms with Gasteiger partial charge >= 0.3 is 0 Å². The van der Waals surface area contributed by atoms with E-state index in [1.165, 1.54) is 29.5 Å². The summed E-state index contributed by atoms with van der Waals surface area (Å²) < 4.78 is 19.4. The topological polar surface area (TPSA) is 27.7 Å². The number of aryl methyl sites for hydroxylation is 2. The molecule has 1 spiro atoms. The Labute approximate surface area is 213 Å². The lowest BCUT2D eigenvalue weighted by Gasteiger charge is -2.38. The van der Waals surface area contributed by atoms with Crippen LogP contribution >= 0.6 is 0 Å². The Morgan fingerprint density at radius 3 is 1.78 bits per heavy atom. The van der Waals surface area contributed by atoms with Crippen LogP contribution in [-0.2, 0) is 18.8 Å². The summed E-state index contributed by atoms with van der Waals surface area (Å²) in [6, 6.07) is 29.5. The Bertz CT molecular complexity index is 1370. The molecule has 1 saturated carbocycles. The summed E-state index contributed by atoms with van der Waals surface area (Å²) in [5.41, 5.74) is 7.96. The Morgan fingerprint density at radius 1 is 0.667 bits per heavy atom. The molecule has 6 rings (SSSR count). The zero-order valence-electron chi connectivity index (χ0n) is 21.1. The third-order valence-corrected chi connectivity index (χ3v) is 7.56. The number of hydrogen-bond acceptors (Lipinski definition) is 3. The van der Waals surface area contributed by atoms with Crippen LogP contribution in [0.2, 0.25) is 0 Å². The second-order valence-corrected chi connectivity index (χ2v) is 10.1. The fourth-order valence-corrected chi connectivity index (χ4v) is 5.62. The molecule has 0 N–H and O–H groups in total. The van der Waals surface area contributed by atoms with Gasteiger partial charge in [-0.15, -0.1) is 0 Å². The van der Waals surface area contributed by atoms with E-state index in [2.05, 4.69) is 74.5 Å². The van der Waals surface area contributed by atoms with Crippen molar-refractivity contribution in [1.29, 1.82) is 0 Å². The summed E-state index contributed by atoms with van der Waals surface area (Å²) in [6.07, 6.45) is 4.39. The molecule has 0 unspecified atom stereocenters. The predicted octanol–water partition coefficient (Wildman–Crippen LogP) is 8.29. The van der Waals surface area contributed by atoms with Gasteiger partial charge in [0, 0.05) is 17.2 Å². The number of benzene rings is 4. The minimum absolute atomic E-state index is 0.299. The highest BCUT2D eigenvalue weighted by molar-refractivity contribution is 5.80. The minimum atomic E-state index is -0.299. The van der Waals surface area contributed by atoms with Crippen molar-refractivity contribution in [2.75, 3.05) is 0 Å². The van der Waals surface area contributed by atoms with Crippen molar-refractivity contribution >= 4 is 0 Å². The van der Waals surface area contributed by atoms with Crippen LogP contribution in [0.4, 0.5) is 0 Å². The molecular weight excluding hydrogens is 444 g/mol. The SMILES string of the molecule is Cc1cc2c(cc1OCc1ccccc1)OC1(CCCC1)c1cc(OCc3ccccc3)c(C)cc1-2. The predicted molar refractivity (Wildman–Crippen MR) is 144 cm³/mol. The van der Waals surface area contributed by atoms with E-state index in [0.717, 1.165) is 52.3 Å². The standard InChI is InChI=1S/C33H32O3/c1-23-17-27-28-18-24(2)31(35-22-26-13-7-4-8-14-26)20-32(28)36-33(15-9-10-16-33)29(27)19-30(23)34-21-25-11-5-3-6-12-25/h3-8,11-14,17-20H,9-10,15-16,21-22H2,1-2H3. The first-order chi connectivity index (χ1) is 17.6. The normalized spacial score (nSPS) is 15.2. The third kappa shape index (κ3) is 4.24. The second kappa shape index (κ2) is 9.39. The molecule has 3 heteroatoms. The van der Waals surface area contributed by atoms with Gasteiger partial charge in [0.1, 0.15) is 36.1 Å². The fraction of sp³-hybridized carbons (Fsp3) is 0.273. The molecule has 4 aromatic rings. The Balaban J connectivity index is 1.36. The van der Waals surface area contributed by atoms with Crippen molar-refractivity contribution < 1.29 is 14.2 Å². The smallest absolute Gasteiger partial charge is 0.135 e. The van der Waals surface area contributed by atoms with E-state index in [1.54, 1.807) is 0 Å². The van der Waals surface area contributed by atoms with Gasteiger partial charge in [-0.2, -0.15) is 0 Å². The molecule has 0 radical (unpaired) electrons. The average molecular weight is 477 g/mol. The molecule has 0 amide bonds. The highest BCUT2D eigenvalue weighted by Gasteiger charge is 2.44. The molecule has 1 heterocycles. The fourth-order valence-electron chi connectivity index (χ4n) is 5.62. The first kappa shape index (κ1) is 22.7. The van der Waals surface area contributed by atoms with Crippen molar-refractivity contribution in [3.8, 4) is 28.4 Å². The molecule has 0 bridgehead atoms. The molecule has 36 heavy (non-hydrogen) atoms. The first-order valence-electron chi connectivity index (χ1n) is 12.9. The Hall–Kier alpha value is -3.72. The molecule has 1 aliphatic carbocycles. The average Bonchev–Trinajstić information content (AvgIpc) is 3.37. The van der Waals surface area contributed by atoms with Crippen molar-refractivity contribution in [3.05, 3.63) is 113 Å². The summed E-state index contributed by atoms with van der Waals surface area (Å²) in [7, 11) is 0. The van der Waals surface area contributed by atoms with E-state index < -0.39 is 0 Å². The summed E-state index contributed by atoms with van der Waals surface area (Å²) in [6.45, 7) is 5.36. The number of hydrogen-bond donors (Lipinski definition) is 0. The maximum absolute atomic E-state index is 6.88. The van der Waals surface area contributed by atoms with Crippen molar-refractivity contribution in [2.45, 2.75) is 58.3 Å². The van der Waals surface area contributed by atoms with Crippen LogP contribution in [0.3, 0.4) is 0 Å². The molecule has 4 aromatic carbocycles. The van der Waals surface area contributed by atoms with Gasteiger partial charge in [-0.25, -0.2) is 0 Å². The van der Waals surface area contributed by atoms with E-state index in [4.69, 9.17) is 14.2 Å². The maximum Gasteiger partial charge on any atom is 0.135 e. The van der Waals surface area contributed by atoms with Crippen LogP contribution in [0.25, 0.3) is 11.1 Å². The number of ether oxygens (including phenoxy) is 3. The van der Waals surface area contributed by atoms with Crippen molar-refractivity contribution in [1.82, 2.24) is 0 Å². The van der Waals surface area contributed by atoms with Gasteiger partial charge in [-0.3, -0.25) is 0 Å². The lowest BCUT2D eigenvalue weighted by Crippen LogP contribution is -2.33. The monoisotopic (exact) mass is 476 g/mol. The molecule has 182 valence electrons. The van der Waals surface area contributed by atoms with Crippen LogP contribution in [-0.4, -0.2) is 0 Å². The Morgan fingerprint density at radius 2 is 1.19 bits per heavy atom. The van der Waals surface area contributed by atoms with E-state index in [0.29, 0.717) is 13.2 Å². The lowest BCUT2D eigenvalue weighted by atomic mass is 9.81. The van der Waals surface area contributed by atoms with E-state index in [9.17, 15) is 0 Å². The van der Waals surface area contributed by atoms with Crippen molar-refractivity contribution in [3.63, 3.8) is 0 Å². The second-order valence-electron chi connectivity index (χ2n) is 10.1. The lowest BCUT2D eigenvalue weighted by molar-refractivity contribution is 0.0703. The maximum atomic E-state index is 6.88. The van der Waals surface area contributed by atoms with Crippen LogP contribution in [0.1, 0.15) is 53.5 Å². The van der Waals surface area contributed by atoms with E-state index >= 15 is 0 Å². The summed E-state index contributed by atoms with van der Waals surface area (Å²) in [5.74, 6) is 2.75. The summed E-state index contributed by atoms with van der Waals surface area (Å²) in [4.78, 5) is 0. The quantitative estimate of drug-likeness (QED) is 0.280. The number of fused-ring (bicyclic) bond motifs is 4. The first-order valence-corrected chi connectivity index (χ1v) is 12.9. The van der Waals surface area contributed by atoms with Crippen molar-refractivity contribution in [2.24, 2.45) is 0 Å². The van der Waals surface area contributed by atoms with Gasteiger partial charge in [-0.1, -0.05) is 60.7 Å². The zero-order chi connectivity index (χ0) is 24.5. The zero-order valence-corrected chi connectivity index (χ0v) is 21.1. The molecule has 3 nitrogen and oxygen atoms in total. The van der Waals surface area contributed by atoms with Gasteiger partial charge < -0.3 is 14.2 Å². The highest BCUT2D eigenvalue weighted by atomic mass is 16.5. The van der Waals surface area contributed by atoms with Gasteiger partial charge in [-0.05, 0) is 85.5 Å². The van der Waals surface area contributed by atoms with E-state index in [1.807, 2.05) is 24.3 Å². The molecule has 1 aliphatic heterocycles. The van der Waals surface area contributed by atoms with Gasteiger partial charge in [0.05, 0.1) is 0 Å². The molecule has 0 saturated heterocycles. The summed E-state index contributed by atoms with van der Waals surface area (Å²) >= 11 is 0. The molecule has 0 atom stereocenters.